The molecule has 3 rings (SSSR count). The van der Waals surface area contributed by atoms with E-state index in [1.165, 1.54) is 4.90 Å². The van der Waals surface area contributed by atoms with Crippen molar-refractivity contribution in [2.45, 2.75) is 26.4 Å². The SMILES string of the molecule is Cc1ccc2c(C[NH2+]C[C@H](c3ccccc3Cl)[NH+](C)C)cc(=O)oc2c1C. The van der Waals surface area contributed by atoms with E-state index < -0.39 is 0 Å². The third-order valence-corrected chi connectivity index (χ3v) is 5.61. The molecule has 3 aromatic rings. The third kappa shape index (κ3) is 4.24. The smallest absolute Gasteiger partial charge is 0.336 e. The van der Waals surface area contributed by atoms with Crippen LogP contribution >= 0.6 is 11.6 Å². The van der Waals surface area contributed by atoms with Crippen molar-refractivity contribution < 1.29 is 14.6 Å². The quantitative estimate of drug-likeness (QED) is 0.637. The fraction of sp³-hybridized carbons (Fsp3) is 0.318. The van der Waals surface area contributed by atoms with Crippen LogP contribution in [0.2, 0.25) is 5.02 Å². The van der Waals surface area contributed by atoms with Crippen molar-refractivity contribution in [1.29, 1.82) is 0 Å². The van der Waals surface area contributed by atoms with Crippen LogP contribution in [0, 0.1) is 13.8 Å². The summed E-state index contributed by atoms with van der Waals surface area (Å²) in [5, 5.41) is 4.05. The van der Waals surface area contributed by atoms with Crippen LogP contribution in [0.25, 0.3) is 11.0 Å². The average Bonchev–Trinajstić information content (AvgIpc) is 2.62. The van der Waals surface area contributed by atoms with Gasteiger partial charge < -0.3 is 14.6 Å². The number of halogens is 1. The number of nitrogens with one attached hydrogen (secondary N) is 1. The lowest BCUT2D eigenvalue weighted by Crippen LogP contribution is -3.09. The Bertz CT molecular complexity index is 1010. The van der Waals surface area contributed by atoms with Crippen molar-refractivity contribution in [3.8, 4) is 0 Å². The van der Waals surface area contributed by atoms with Crippen LogP contribution < -0.4 is 15.8 Å². The zero-order valence-corrected chi connectivity index (χ0v) is 17.1. The number of nitrogens with two attached hydrogens (primary N) is 1. The molecule has 1 aromatic heterocycles. The molecule has 0 amide bonds. The summed E-state index contributed by atoms with van der Waals surface area (Å²) in [5.74, 6) is 0. The van der Waals surface area contributed by atoms with E-state index in [9.17, 15) is 4.79 Å². The minimum Gasteiger partial charge on any atom is -0.422 e. The molecule has 0 unspecified atom stereocenters. The molecular formula is C22H27ClN2O2+2. The first-order valence-corrected chi connectivity index (χ1v) is 9.65. The van der Waals surface area contributed by atoms with Gasteiger partial charge in [-0.05, 0) is 31.0 Å². The predicted octanol–water partition coefficient (Wildman–Crippen LogP) is 2.01. The Morgan fingerprint density at radius 1 is 1.15 bits per heavy atom. The van der Waals surface area contributed by atoms with E-state index in [1.807, 2.05) is 38.1 Å². The van der Waals surface area contributed by atoms with Crippen LogP contribution in [0.15, 0.2) is 51.7 Å². The summed E-state index contributed by atoms with van der Waals surface area (Å²) >= 11 is 6.41. The normalized spacial score (nSPS) is 12.7. The molecule has 1 heterocycles. The van der Waals surface area contributed by atoms with Gasteiger partial charge in [-0.2, -0.15) is 0 Å². The van der Waals surface area contributed by atoms with Crippen LogP contribution in [0.4, 0.5) is 0 Å². The van der Waals surface area contributed by atoms with Crippen LogP contribution in [-0.2, 0) is 6.54 Å². The van der Waals surface area contributed by atoms with Crippen molar-refractivity contribution in [1.82, 2.24) is 0 Å². The summed E-state index contributed by atoms with van der Waals surface area (Å²) in [4.78, 5) is 13.4. The van der Waals surface area contributed by atoms with Crippen molar-refractivity contribution in [2.24, 2.45) is 0 Å². The number of quaternary nitrogens is 2. The third-order valence-electron chi connectivity index (χ3n) is 5.26. The van der Waals surface area contributed by atoms with Crippen LogP contribution in [0.3, 0.4) is 0 Å². The molecule has 0 aliphatic heterocycles. The fourth-order valence-electron chi connectivity index (χ4n) is 3.53. The predicted molar refractivity (Wildman–Crippen MR) is 109 cm³/mol. The Balaban J connectivity index is 1.83. The molecule has 0 saturated carbocycles. The molecule has 0 radical (unpaired) electrons. The molecular weight excluding hydrogens is 360 g/mol. The van der Waals surface area contributed by atoms with Gasteiger partial charge in [-0.25, -0.2) is 4.79 Å². The zero-order chi connectivity index (χ0) is 19.6. The maximum absolute atomic E-state index is 12.0. The molecule has 0 bridgehead atoms. The number of hydrogen-bond acceptors (Lipinski definition) is 2. The maximum Gasteiger partial charge on any atom is 0.336 e. The zero-order valence-electron chi connectivity index (χ0n) is 16.3. The van der Waals surface area contributed by atoms with Gasteiger partial charge in [-0.3, -0.25) is 0 Å². The van der Waals surface area contributed by atoms with Gasteiger partial charge in [0.1, 0.15) is 18.7 Å². The van der Waals surface area contributed by atoms with E-state index in [2.05, 4.69) is 31.5 Å². The molecule has 27 heavy (non-hydrogen) atoms. The summed E-state index contributed by atoms with van der Waals surface area (Å²) in [7, 11) is 4.28. The molecule has 0 saturated heterocycles. The molecule has 5 heteroatoms. The van der Waals surface area contributed by atoms with Crippen molar-refractivity contribution in [3.05, 3.63) is 80.2 Å². The lowest BCUT2D eigenvalue weighted by molar-refractivity contribution is -0.910. The monoisotopic (exact) mass is 386 g/mol. The fourth-order valence-corrected chi connectivity index (χ4v) is 3.80. The van der Waals surface area contributed by atoms with Gasteiger partial charge in [0, 0.05) is 27.6 Å². The summed E-state index contributed by atoms with van der Waals surface area (Å²) in [5.41, 5.74) is 4.72. The van der Waals surface area contributed by atoms with Gasteiger partial charge in [-0.1, -0.05) is 41.9 Å². The molecule has 0 spiro atoms. The largest absolute Gasteiger partial charge is 0.422 e. The lowest BCUT2D eigenvalue weighted by atomic mass is 10.0. The average molecular weight is 387 g/mol. The highest BCUT2D eigenvalue weighted by Crippen LogP contribution is 2.23. The molecule has 3 N–H and O–H groups in total. The summed E-state index contributed by atoms with van der Waals surface area (Å²) in [6.45, 7) is 5.62. The van der Waals surface area contributed by atoms with Crippen LogP contribution in [-0.4, -0.2) is 20.6 Å². The number of aryl methyl sites for hydroxylation is 2. The Morgan fingerprint density at radius 3 is 2.59 bits per heavy atom. The molecule has 0 aliphatic carbocycles. The van der Waals surface area contributed by atoms with Gasteiger partial charge in [0.15, 0.2) is 6.04 Å². The number of benzene rings is 2. The Morgan fingerprint density at radius 2 is 1.89 bits per heavy atom. The first-order valence-electron chi connectivity index (χ1n) is 9.27. The standard InChI is InChI=1S/C22H25ClN2O2/c1-14-9-10-17-16(11-21(26)27-22(17)15(14)2)12-24-13-20(25(3)4)18-7-5-6-8-19(18)23/h5-11,20,24H,12-13H2,1-4H3/p+2/t20-/m1/s1. The topological polar surface area (TPSA) is 51.3 Å². The van der Waals surface area contributed by atoms with Gasteiger partial charge in [-0.15, -0.1) is 0 Å². The molecule has 142 valence electrons. The van der Waals surface area contributed by atoms with Gasteiger partial charge in [0.2, 0.25) is 0 Å². The van der Waals surface area contributed by atoms with E-state index in [4.69, 9.17) is 16.0 Å². The molecule has 1 atom stereocenters. The minimum atomic E-state index is -0.291. The second kappa shape index (κ2) is 8.26. The van der Waals surface area contributed by atoms with Gasteiger partial charge in [0.05, 0.1) is 14.1 Å². The number of hydrogen-bond donors (Lipinski definition) is 2. The van der Waals surface area contributed by atoms with E-state index in [0.717, 1.165) is 45.8 Å². The van der Waals surface area contributed by atoms with Gasteiger partial charge >= 0.3 is 5.63 Å². The second-order valence-corrected chi connectivity index (χ2v) is 7.76. The summed E-state index contributed by atoms with van der Waals surface area (Å²) in [6, 6.07) is 14.0. The lowest BCUT2D eigenvalue weighted by Gasteiger charge is -2.21. The van der Waals surface area contributed by atoms with Crippen molar-refractivity contribution >= 4 is 22.6 Å². The minimum absolute atomic E-state index is 0.272. The summed E-state index contributed by atoms with van der Waals surface area (Å²) in [6.07, 6.45) is 0. The molecule has 2 aromatic carbocycles. The van der Waals surface area contributed by atoms with Crippen LogP contribution in [0.1, 0.15) is 28.3 Å². The number of rotatable bonds is 6. The molecule has 0 aliphatic rings. The summed E-state index contributed by atoms with van der Waals surface area (Å²) < 4.78 is 5.47. The highest BCUT2D eigenvalue weighted by atomic mass is 35.5. The highest BCUT2D eigenvalue weighted by molar-refractivity contribution is 6.31. The van der Waals surface area contributed by atoms with Crippen LogP contribution in [0.5, 0.6) is 0 Å². The molecule has 0 fully saturated rings. The Labute approximate surface area is 164 Å². The maximum atomic E-state index is 12.0. The van der Waals surface area contributed by atoms with Gasteiger partial charge in [0.25, 0.3) is 0 Å². The number of fused-ring (bicyclic) bond motifs is 1. The second-order valence-electron chi connectivity index (χ2n) is 7.35. The molecule has 4 nitrogen and oxygen atoms in total. The van der Waals surface area contributed by atoms with Crippen molar-refractivity contribution in [3.63, 3.8) is 0 Å². The number of likely N-dealkylation sites (N-methyl/N-ethyl adjacent to an activating group) is 1. The van der Waals surface area contributed by atoms with Crippen molar-refractivity contribution in [2.75, 3.05) is 20.6 Å². The van der Waals surface area contributed by atoms with E-state index in [-0.39, 0.29) is 11.7 Å². The van der Waals surface area contributed by atoms with E-state index in [0.29, 0.717) is 5.58 Å². The highest BCUT2D eigenvalue weighted by Gasteiger charge is 2.22. The Hall–Kier alpha value is -2.14. The first-order chi connectivity index (χ1) is 12.9. The van der Waals surface area contributed by atoms with E-state index >= 15 is 0 Å². The van der Waals surface area contributed by atoms with E-state index in [1.54, 1.807) is 6.07 Å². The first kappa shape index (κ1) is 19.6. The Kier molecular flexibility index (Phi) is 6.00.